The fourth-order valence-electron chi connectivity index (χ4n) is 1.97. The molecule has 1 aromatic heterocycles. The summed E-state index contributed by atoms with van der Waals surface area (Å²) < 4.78 is 0. The molecule has 0 fully saturated rings. The number of nitro groups is 1. The third kappa shape index (κ3) is 3.79. The molecule has 0 aliphatic heterocycles. The smallest absolute Gasteiger partial charge is 0.283 e. The van der Waals surface area contributed by atoms with Crippen molar-refractivity contribution in [2.75, 3.05) is 13.6 Å². The van der Waals surface area contributed by atoms with Gasteiger partial charge in [0, 0.05) is 43.0 Å². The van der Waals surface area contributed by atoms with E-state index in [4.69, 9.17) is 11.6 Å². The maximum atomic E-state index is 12.4. The number of nitro benzene ring substituents is 1. The van der Waals surface area contributed by atoms with E-state index >= 15 is 0 Å². The minimum Gasteiger partial charge on any atom is -0.341 e. The number of likely N-dealkylation sites (N-methyl/N-ethyl adjacent to an activating group) is 1. The van der Waals surface area contributed by atoms with Gasteiger partial charge in [-0.05, 0) is 24.3 Å². The van der Waals surface area contributed by atoms with Gasteiger partial charge in [-0.2, -0.15) is 0 Å². The molecule has 0 aliphatic rings. The maximum absolute atomic E-state index is 12.4. The lowest BCUT2D eigenvalue weighted by molar-refractivity contribution is -0.385. The number of hydrogen-bond donors (Lipinski definition) is 0. The van der Waals surface area contributed by atoms with E-state index in [1.165, 1.54) is 23.1 Å². The summed E-state index contributed by atoms with van der Waals surface area (Å²) in [7, 11) is 1.60. The third-order valence-electron chi connectivity index (χ3n) is 3.16. The molecule has 22 heavy (non-hydrogen) atoms. The summed E-state index contributed by atoms with van der Waals surface area (Å²) in [5, 5.41) is 11.3. The highest BCUT2D eigenvalue weighted by molar-refractivity contribution is 6.31. The number of nitrogens with zero attached hydrogens (tertiary/aromatic N) is 3. The van der Waals surface area contributed by atoms with E-state index in [-0.39, 0.29) is 16.3 Å². The Morgan fingerprint density at radius 3 is 2.77 bits per heavy atom. The van der Waals surface area contributed by atoms with E-state index in [1.54, 1.807) is 13.2 Å². The van der Waals surface area contributed by atoms with Crippen LogP contribution in [0.15, 0.2) is 42.6 Å². The molecule has 1 amide bonds. The van der Waals surface area contributed by atoms with E-state index in [0.29, 0.717) is 13.0 Å². The van der Waals surface area contributed by atoms with Crippen molar-refractivity contribution < 1.29 is 9.72 Å². The molecule has 6 nitrogen and oxygen atoms in total. The number of aromatic nitrogens is 1. The number of hydrogen-bond acceptors (Lipinski definition) is 4. The van der Waals surface area contributed by atoms with E-state index in [1.807, 2.05) is 18.2 Å². The monoisotopic (exact) mass is 319 g/mol. The first-order valence-electron chi connectivity index (χ1n) is 6.58. The first kappa shape index (κ1) is 15.9. The van der Waals surface area contributed by atoms with Gasteiger partial charge >= 0.3 is 0 Å². The summed E-state index contributed by atoms with van der Waals surface area (Å²) in [6.45, 7) is 0.412. The fourth-order valence-corrected chi connectivity index (χ4v) is 2.14. The Labute approximate surface area is 132 Å². The number of carbonyl (C=O) groups is 1. The van der Waals surface area contributed by atoms with E-state index < -0.39 is 10.8 Å². The number of benzene rings is 1. The van der Waals surface area contributed by atoms with Gasteiger partial charge in [-0.15, -0.1) is 0 Å². The van der Waals surface area contributed by atoms with Crippen molar-refractivity contribution in [2.24, 2.45) is 0 Å². The molecular weight excluding hydrogens is 306 g/mol. The first-order chi connectivity index (χ1) is 10.5. The zero-order chi connectivity index (χ0) is 16.1. The molecule has 0 unspecified atom stereocenters. The maximum Gasteiger partial charge on any atom is 0.283 e. The molecule has 0 saturated carbocycles. The highest BCUT2D eigenvalue weighted by Gasteiger charge is 2.23. The average molecular weight is 320 g/mol. The zero-order valence-electron chi connectivity index (χ0n) is 11.9. The van der Waals surface area contributed by atoms with Crippen LogP contribution < -0.4 is 0 Å². The van der Waals surface area contributed by atoms with Crippen LogP contribution in [0, 0.1) is 10.1 Å². The van der Waals surface area contributed by atoms with Crippen molar-refractivity contribution in [3.63, 3.8) is 0 Å². The van der Waals surface area contributed by atoms with Crippen molar-refractivity contribution in [3.8, 4) is 0 Å². The molecule has 0 N–H and O–H groups in total. The Hall–Kier alpha value is -2.47. The molecule has 7 heteroatoms. The van der Waals surface area contributed by atoms with Crippen molar-refractivity contribution >= 4 is 23.2 Å². The molecule has 2 rings (SSSR count). The Morgan fingerprint density at radius 1 is 1.36 bits per heavy atom. The molecular formula is C15H14ClN3O3. The number of halogens is 1. The van der Waals surface area contributed by atoms with E-state index in [9.17, 15) is 14.9 Å². The molecule has 0 saturated heterocycles. The van der Waals surface area contributed by atoms with Crippen LogP contribution >= 0.6 is 11.6 Å². The average Bonchev–Trinajstić information content (AvgIpc) is 2.52. The van der Waals surface area contributed by atoms with Gasteiger partial charge in [-0.25, -0.2) is 0 Å². The Morgan fingerprint density at radius 2 is 2.14 bits per heavy atom. The SMILES string of the molecule is CN(CCc1ccccn1)C(=O)c1ccc(Cl)cc1[N+](=O)[O-]. The lowest BCUT2D eigenvalue weighted by Crippen LogP contribution is -2.29. The first-order valence-corrected chi connectivity index (χ1v) is 6.96. The molecule has 1 aromatic carbocycles. The Balaban J connectivity index is 2.12. The van der Waals surface area contributed by atoms with Crippen molar-refractivity contribution in [2.45, 2.75) is 6.42 Å². The fraction of sp³-hybridized carbons (Fsp3) is 0.200. The van der Waals surface area contributed by atoms with Gasteiger partial charge < -0.3 is 4.90 Å². The van der Waals surface area contributed by atoms with Gasteiger partial charge in [-0.3, -0.25) is 19.9 Å². The predicted molar refractivity (Wildman–Crippen MR) is 83.0 cm³/mol. The van der Waals surface area contributed by atoms with Crippen LogP contribution in [0.5, 0.6) is 0 Å². The van der Waals surface area contributed by atoms with Crippen molar-refractivity contribution in [1.82, 2.24) is 9.88 Å². The second kappa shape index (κ2) is 7.00. The third-order valence-corrected chi connectivity index (χ3v) is 3.40. The molecule has 0 bridgehead atoms. The lowest BCUT2D eigenvalue weighted by atomic mass is 10.1. The highest BCUT2D eigenvalue weighted by atomic mass is 35.5. The topological polar surface area (TPSA) is 76.3 Å². The van der Waals surface area contributed by atoms with Crippen LogP contribution in [0.3, 0.4) is 0 Å². The standard InChI is InChI=1S/C15H14ClN3O3/c1-18(9-7-12-4-2-3-8-17-12)15(20)13-6-5-11(16)10-14(13)19(21)22/h2-6,8,10H,7,9H2,1H3. The van der Waals surface area contributed by atoms with Gasteiger partial charge in [0.05, 0.1) is 4.92 Å². The van der Waals surface area contributed by atoms with Crippen LogP contribution in [0.4, 0.5) is 5.69 Å². The van der Waals surface area contributed by atoms with Gasteiger partial charge in [-0.1, -0.05) is 17.7 Å². The molecule has 1 heterocycles. The van der Waals surface area contributed by atoms with Gasteiger partial charge in [0.2, 0.25) is 0 Å². The summed E-state index contributed by atoms with van der Waals surface area (Å²) in [5.74, 6) is -0.417. The molecule has 0 aliphatic carbocycles. The highest BCUT2D eigenvalue weighted by Crippen LogP contribution is 2.24. The van der Waals surface area contributed by atoms with Crippen LogP contribution in [0.25, 0.3) is 0 Å². The number of rotatable bonds is 5. The molecule has 0 spiro atoms. The second-order valence-electron chi connectivity index (χ2n) is 4.72. The largest absolute Gasteiger partial charge is 0.341 e. The summed E-state index contributed by atoms with van der Waals surface area (Å²) in [6.07, 6.45) is 2.26. The minimum atomic E-state index is -0.605. The van der Waals surface area contributed by atoms with E-state index in [0.717, 1.165) is 5.69 Å². The molecule has 0 atom stereocenters. The predicted octanol–water partition coefficient (Wildman–Crippen LogP) is 2.96. The summed E-state index contributed by atoms with van der Waals surface area (Å²) in [4.78, 5) is 28.4. The second-order valence-corrected chi connectivity index (χ2v) is 5.15. The Bertz CT molecular complexity index is 692. The number of pyridine rings is 1. The van der Waals surface area contributed by atoms with Crippen molar-refractivity contribution in [3.05, 3.63) is 69.0 Å². The summed E-state index contributed by atoms with van der Waals surface area (Å²) in [5.41, 5.74) is 0.591. The van der Waals surface area contributed by atoms with Gasteiger partial charge in [0.1, 0.15) is 5.56 Å². The van der Waals surface area contributed by atoms with Crippen molar-refractivity contribution in [1.29, 1.82) is 0 Å². The normalized spacial score (nSPS) is 10.3. The quantitative estimate of drug-likeness (QED) is 0.627. The van der Waals surface area contributed by atoms with Gasteiger partial charge in [0.15, 0.2) is 0 Å². The van der Waals surface area contributed by atoms with Crippen LogP contribution in [-0.4, -0.2) is 34.3 Å². The zero-order valence-corrected chi connectivity index (χ0v) is 12.7. The van der Waals surface area contributed by atoms with Crippen LogP contribution in [0.1, 0.15) is 16.1 Å². The molecule has 0 radical (unpaired) electrons. The number of amides is 1. The Kier molecular flexibility index (Phi) is 5.06. The van der Waals surface area contributed by atoms with E-state index in [2.05, 4.69) is 4.98 Å². The van der Waals surface area contributed by atoms with Crippen LogP contribution in [0.2, 0.25) is 5.02 Å². The summed E-state index contributed by atoms with van der Waals surface area (Å²) >= 11 is 5.75. The summed E-state index contributed by atoms with van der Waals surface area (Å²) in [6, 6.07) is 9.57. The lowest BCUT2D eigenvalue weighted by Gasteiger charge is -2.17. The molecule has 2 aromatic rings. The number of carbonyl (C=O) groups excluding carboxylic acids is 1. The van der Waals surface area contributed by atoms with Crippen LogP contribution in [-0.2, 0) is 6.42 Å². The minimum absolute atomic E-state index is 0.0259. The molecule has 114 valence electrons. The van der Waals surface area contributed by atoms with Gasteiger partial charge in [0.25, 0.3) is 11.6 Å².